The first-order valence-electron chi connectivity index (χ1n) is 7.14. The van der Waals surface area contributed by atoms with Gasteiger partial charge in [-0.15, -0.1) is 0 Å². The smallest absolute Gasteiger partial charge is 0.242 e. The van der Waals surface area contributed by atoms with Crippen LogP contribution in [-0.2, 0) is 11.2 Å². The van der Waals surface area contributed by atoms with E-state index in [4.69, 9.17) is 9.47 Å². The molecular formula is C18H18N2O3. The van der Waals surface area contributed by atoms with Gasteiger partial charge in [-0.25, -0.2) is 0 Å². The van der Waals surface area contributed by atoms with Crippen LogP contribution in [0.4, 0.5) is 5.69 Å². The highest BCUT2D eigenvalue weighted by molar-refractivity contribution is 5.94. The van der Waals surface area contributed by atoms with Gasteiger partial charge >= 0.3 is 0 Å². The zero-order valence-corrected chi connectivity index (χ0v) is 13.1. The number of nitrogens with one attached hydrogen (secondary N) is 1. The Morgan fingerprint density at radius 2 is 1.96 bits per heavy atom. The fraction of sp³-hybridized carbons (Fsp3) is 0.222. The number of anilines is 1. The molecule has 0 radical (unpaired) electrons. The van der Waals surface area contributed by atoms with Gasteiger partial charge < -0.3 is 14.8 Å². The molecule has 0 spiro atoms. The number of nitriles is 1. The van der Waals surface area contributed by atoms with Gasteiger partial charge in [0.05, 0.1) is 20.3 Å². The normalized spacial score (nSPS) is 11.2. The summed E-state index contributed by atoms with van der Waals surface area (Å²) in [4.78, 5) is 12.3. The molecule has 1 atom stereocenters. The molecule has 5 heteroatoms. The first-order chi connectivity index (χ1) is 11.2. The van der Waals surface area contributed by atoms with Gasteiger partial charge in [-0.2, -0.15) is 5.26 Å². The molecule has 1 unspecified atom stereocenters. The molecule has 0 saturated heterocycles. The second-order valence-corrected chi connectivity index (χ2v) is 4.92. The summed E-state index contributed by atoms with van der Waals surface area (Å²) in [7, 11) is 3.12. The van der Waals surface area contributed by atoms with Crippen LogP contribution in [0.3, 0.4) is 0 Å². The summed E-state index contributed by atoms with van der Waals surface area (Å²) in [5.41, 5.74) is 1.41. The molecule has 5 nitrogen and oxygen atoms in total. The van der Waals surface area contributed by atoms with Crippen LogP contribution >= 0.6 is 0 Å². The number of para-hydroxylation sites is 1. The lowest BCUT2D eigenvalue weighted by Gasteiger charge is -2.13. The molecule has 0 fully saturated rings. The van der Waals surface area contributed by atoms with Crippen molar-refractivity contribution in [3.05, 3.63) is 54.1 Å². The number of nitrogens with zero attached hydrogens (tertiary/aromatic N) is 1. The van der Waals surface area contributed by atoms with Crippen molar-refractivity contribution in [2.24, 2.45) is 5.92 Å². The van der Waals surface area contributed by atoms with Crippen molar-refractivity contribution >= 4 is 11.6 Å². The zero-order valence-electron chi connectivity index (χ0n) is 13.1. The molecule has 1 N–H and O–H groups in total. The van der Waals surface area contributed by atoms with E-state index in [0.717, 1.165) is 5.56 Å². The maximum atomic E-state index is 12.3. The van der Waals surface area contributed by atoms with Gasteiger partial charge in [0.1, 0.15) is 17.4 Å². The minimum absolute atomic E-state index is 0.288. The molecule has 0 aliphatic carbocycles. The van der Waals surface area contributed by atoms with E-state index in [-0.39, 0.29) is 12.3 Å². The molecule has 23 heavy (non-hydrogen) atoms. The number of rotatable bonds is 6. The summed E-state index contributed by atoms with van der Waals surface area (Å²) in [6.07, 6.45) is 0.288. The number of carbonyl (C=O) groups excluding carboxylic acids is 1. The number of amides is 1. The van der Waals surface area contributed by atoms with Gasteiger partial charge in [0.2, 0.25) is 5.91 Å². The molecule has 0 aliphatic heterocycles. The van der Waals surface area contributed by atoms with Gasteiger partial charge in [0, 0.05) is 18.2 Å². The van der Waals surface area contributed by atoms with E-state index >= 15 is 0 Å². The van der Waals surface area contributed by atoms with Crippen molar-refractivity contribution in [3.63, 3.8) is 0 Å². The molecule has 1 amide bonds. The molecule has 2 rings (SSSR count). The quantitative estimate of drug-likeness (QED) is 0.890. The fourth-order valence-electron chi connectivity index (χ4n) is 2.22. The largest absolute Gasteiger partial charge is 0.497 e. The second-order valence-electron chi connectivity index (χ2n) is 4.92. The van der Waals surface area contributed by atoms with Crippen molar-refractivity contribution in [2.75, 3.05) is 19.5 Å². The molecule has 118 valence electrons. The summed E-state index contributed by atoms with van der Waals surface area (Å²) in [6.45, 7) is 0. The molecule has 0 aliphatic rings. The third-order valence-corrected chi connectivity index (χ3v) is 3.43. The third-order valence-electron chi connectivity index (χ3n) is 3.43. The summed E-state index contributed by atoms with van der Waals surface area (Å²) < 4.78 is 10.4. The molecule has 2 aromatic rings. The summed E-state index contributed by atoms with van der Waals surface area (Å²) in [6, 6.07) is 16.4. The van der Waals surface area contributed by atoms with Crippen LogP contribution < -0.4 is 14.8 Å². The van der Waals surface area contributed by atoms with Crippen LogP contribution in [0, 0.1) is 17.2 Å². The SMILES string of the molecule is COc1cccc(NC(=O)C(C#N)Cc2ccccc2OC)c1. The van der Waals surface area contributed by atoms with Crippen molar-refractivity contribution in [1.82, 2.24) is 0 Å². The van der Waals surface area contributed by atoms with Gasteiger partial charge in [-0.1, -0.05) is 24.3 Å². The highest BCUT2D eigenvalue weighted by Crippen LogP contribution is 2.22. The van der Waals surface area contributed by atoms with Crippen LogP contribution in [0.1, 0.15) is 5.56 Å². The maximum Gasteiger partial charge on any atom is 0.242 e. The average Bonchev–Trinajstić information content (AvgIpc) is 2.60. The van der Waals surface area contributed by atoms with Crippen molar-refractivity contribution < 1.29 is 14.3 Å². The van der Waals surface area contributed by atoms with E-state index in [9.17, 15) is 10.1 Å². The summed E-state index contributed by atoms with van der Waals surface area (Å²) >= 11 is 0. The Hall–Kier alpha value is -3.00. The lowest BCUT2D eigenvalue weighted by Crippen LogP contribution is -2.23. The first kappa shape index (κ1) is 16.4. The fourth-order valence-corrected chi connectivity index (χ4v) is 2.22. The standard InChI is InChI=1S/C18H18N2O3/c1-22-16-8-5-7-15(11-16)20-18(21)14(12-19)10-13-6-3-4-9-17(13)23-2/h3-9,11,14H,10H2,1-2H3,(H,20,21). The topological polar surface area (TPSA) is 71.3 Å². The van der Waals surface area contributed by atoms with E-state index in [1.54, 1.807) is 38.5 Å². The van der Waals surface area contributed by atoms with Crippen molar-refractivity contribution in [3.8, 4) is 17.6 Å². The lowest BCUT2D eigenvalue weighted by atomic mass is 9.99. The molecule has 0 heterocycles. The van der Waals surface area contributed by atoms with E-state index < -0.39 is 5.92 Å². The van der Waals surface area contributed by atoms with E-state index in [1.807, 2.05) is 24.3 Å². The summed E-state index contributed by atoms with van der Waals surface area (Å²) in [5.74, 6) is 0.145. The van der Waals surface area contributed by atoms with Gasteiger partial charge in [0.25, 0.3) is 0 Å². The Morgan fingerprint density at radius 3 is 2.65 bits per heavy atom. The first-order valence-corrected chi connectivity index (χ1v) is 7.14. The van der Waals surface area contributed by atoms with E-state index in [0.29, 0.717) is 17.2 Å². The van der Waals surface area contributed by atoms with Gasteiger partial charge in [-0.05, 0) is 23.8 Å². The molecule has 0 bridgehead atoms. The number of methoxy groups -OCH3 is 2. The van der Waals surface area contributed by atoms with Gasteiger partial charge in [0.15, 0.2) is 0 Å². The Bertz CT molecular complexity index is 722. The zero-order chi connectivity index (χ0) is 16.7. The Balaban J connectivity index is 2.11. The third kappa shape index (κ3) is 4.24. The van der Waals surface area contributed by atoms with Crippen LogP contribution in [0.5, 0.6) is 11.5 Å². The Labute approximate surface area is 135 Å². The Kier molecular flexibility index (Phi) is 5.59. The van der Waals surface area contributed by atoms with Crippen LogP contribution in [0.15, 0.2) is 48.5 Å². The minimum Gasteiger partial charge on any atom is -0.497 e. The minimum atomic E-state index is -0.808. The second kappa shape index (κ2) is 7.85. The lowest BCUT2D eigenvalue weighted by molar-refractivity contribution is -0.118. The monoisotopic (exact) mass is 310 g/mol. The highest BCUT2D eigenvalue weighted by Gasteiger charge is 2.20. The Morgan fingerprint density at radius 1 is 1.17 bits per heavy atom. The summed E-state index contributed by atoms with van der Waals surface area (Å²) in [5, 5.41) is 12.1. The van der Waals surface area contributed by atoms with Crippen molar-refractivity contribution in [2.45, 2.75) is 6.42 Å². The number of hydrogen-bond donors (Lipinski definition) is 1. The molecular weight excluding hydrogens is 292 g/mol. The average molecular weight is 310 g/mol. The van der Waals surface area contributed by atoms with Crippen LogP contribution in [0.25, 0.3) is 0 Å². The van der Waals surface area contributed by atoms with E-state index in [1.165, 1.54) is 0 Å². The maximum absolute atomic E-state index is 12.3. The number of benzene rings is 2. The number of ether oxygens (including phenoxy) is 2. The predicted octanol–water partition coefficient (Wildman–Crippen LogP) is 3.02. The predicted molar refractivity (Wildman–Crippen MR) is 87.4 cm³/mol. The highest BCUT2D eigenvalue weighted by atomic mass is 16.5. The molecule has 0 saturated carbocycles. The van der Waals surface area contributed by atoms with Crippen LogP contribution in [0.2, 0.25) is 0 Å². The van der Waals surface area contributed by atoms with Crippen molar-refractivity contribution in [1.29, 1.82) is 5.26 Å². The van der Waals surface area contributed by atoms with Crippen LogP contribution in [-0.4, -0.2) is 20.1 Å². The number of carbonyl (C=O) groups is 1. The van der Waals surface area contributed by atoms with E-state index in [2.05, 4.69) is 11.4 Å². The van der Waals surface area contributed by atoms with Gasteiger partial charge in [-0.3, -0.25) is 4.79 Å². The number of hydrogen-bond acceptors (Lipinski definition) is 4. The molecule has 0 aromatic heterocycles. The molecule has 2 aromatic carbocycles.